The van der Waals surface area contributed by atoms with Crippen LogP contribution < -0.4 is 0 Å². The number of benzene rings is 1. The van der Waals surface area contributed by atoms with Crippen molar-refractivity contribution in [1.29, 1.82) is 0 Å². The first-order chi connectivity index (χ1) is 8.60. The van der Waals surface area contributed by atoms with Gasteiger partial charge in [-0.05, 0) is 12.1 Å². The van der Waals surface area contributed by atoms with Crippen molar-refractivity contribution < 1.29 is 32.9 Å². The van der Waals surface area contributed by atoms with E-state index in [0.29, 0.717) is 11.3 Å². The summed E-state index contributed by atoms with van der Waals surface area (Å²) in [6.07, 6.45) is 2.83. The van der Waals surface area contributed by atoms with E-state index in [1.165, 1.54) is 19.3 Å². The van der Waals surface area contributed by atoms with Crippen LogP contribution in [0.1, 0.15) is 20.7 Å². The molecule has 5 heteroatoms. The Labute approximate surface area is 124 Å². The monoisotopic (exact) mass is 295 g/mol. The van der Waals surface area contributed by atoms with Gasteiger partial charge in [-0.25, -0.2) is 4.79 Å². The second-order valence-corrected chi connectivity index (χ2v) is 3.45. The standard InChI is InChI=1S/C14H14NO3.V/c1-10(15-2)8-9-13(16)11-6-4-5-7-12(11)14(17)18-3;/h4-9H,1H2,2-3H3;/q-1;/b9-8+;. The molecule has 0 aliphatic heterocycles. The fraction of sp³-hybridized carbons (Fsp3) is 0.143. The Morgan fingerprint density at radius 1 is 1.21 bits per heavy atom. The zero-order valence-electron chi connectivity index (χ0n) is 10.8. The zero-order valence-corrected chi connectivity index (χ0v) is 12.2. The van der Waals surface area contributed by atoms with E-state index in [-0.39, 0.29) is 29.9 Å². The Hall–Kier alpha value is -1.78. The van der Waals surface area contributed by atoms with Crippen molar-refractivity contribution in [2.45, 2.75) is 0 Å². The van der Waals surface area contributed by atoms with Crippen molar-refractivity contribution in [3.8, 4) is 0 Å². The molecule has 0 heterocycles. The van der Waals surface area contributed by atoms with Crippen molar-refractivity contribution in [1.82, 2.24) is 0 Å². The molecular formula is C14H14NO3V-. The molecule has 19 heavy (non-hydrogen) atoms. The molecule has 0 aliphatic carbocycles. The number of carbonyl (C=O) groups is 2. The van der Waals surface area contributed by atoms with E-state index in [0.717, 1.165) is 0 Å². The largest absolute Gasteiger partial charge is 0.687 e. The summed E-state index contributed by atoms with van der Waals surface area (Å²) in [5.74, 6) is -0.827. The maximum Gasteiger partial charge on any atom is 0.338 e. The summed E-state index contributed by atoms with van der Waals surface area (Å²) >= 11 is 0. The van der Waals surface area contributed by atoms with E-state index < -0.39 is 5.97 Å². The molecule has 1 aromatic carbocycles. The van der Waals surface area contributed by atoms with Crippen LogP contribution in [0.3, 0.4) is 0 Å². The number of allylic oxidation sites excluding steroid dienone is 2. The predicted molar refractivity (Wildman–Crippen MR) is 69.7 cm³/mol. The Morgan fingerprint density at radius 2 is 1.79 bits per heavy atom. The van der Waals surface area contributed by atoms with Gasteiger partial charge in [-0.15, -0.1) is 19.3 Å². The minimum atomic E-state index is -0.536. The number of carbonyl (C=O) groups excluding carboxylic acids is 2. The average Bonchev–Trinajstić information content (AvgIpc) is 2.43. The van der Waals surface area contributed by atoms with Gasteiger partial charge >= 0.3 is 5.97 Å². The van der Waals surface area contributed by atoms with Crippen LogP contribution >= 0.6 is 0 Å². The molecule has 0 aromatic heterocycles. The molecule has 99 valence electrons. The normalized spacial score (nSPS) is 9.58. The number of esters is 1. The van der Waals surface area contributed by atoms with Crippen molar-refractivity contribution in [3.05, 3.63) is 65.1 Å². The molecule has 0 bridgehead atoms. The fourth-order valence-electron chi connectivity index (χ4n) is 1.32. The fourth-order valence-corrected chi connectivity index (χ4v) is 1.32. The van der Waals surface area contributed by atoms with E-state index >= 15 is 0 Å². The van der Waals surface area contributed by atoms with Gasteiger partial charge in [0.25, 0.3) is 0 Å². The van der Waals surface area contributed by atoms with Crippen LogP contribution in [0.4, 0.5) is 0 Å². The molecule has 0 fully saturated rings. The second-order valence-electron chi connectivity index (χ2n) is 3.45. The van der Waals surface area contributed by atoms with Gasteiger partial charge in [0, 0.05) is 24.1 Å². The van der Waals surface area contributed by atoms with Crippen molar-refractivity contribution in [2.75, 3.05) is 14.2 Å². The summed E-state index contributed by atoms with van der Waals surface area (Å²) in [5, 5.41) is 3.80. The van der Waals surface area contributed by atoms with Crippen molar-refractivity contribution in [2.24, 2.45) is 0 Å². The Kier molecular flexibility index (Phi) is 7.57. The van der Waals surface area contributed by atoms with Crippen LogP contribution in [-0.2, 0) is 23.3 Å². The molecule has 0 N–H and O–H groups in total. The molecule has 1 radical (unpaired) electrons. The molecule has 0 unspecified atom stereocenters. The molecule has 1 aromatic rings. The van der Waals surface area contributed by atoms with Crippen LogP contribution in [0.5, 0.6) is 0 Å². The summed E-state index contributed by atoms with van der Waals surface area (Å²) in [4.78, 5) is 23.4. The van der Waals surface area contributed by atoms with Gasteiger partial charge in [-0.2, -0.15) is 0 Å². The maximum atomic E-state index is 11.9. The topological polar surface area (TPSA) is 57.5 Å². The summed E-state index contributed by atoms with van der Waals surface area (Å²) in [6, 6.07) is 6.48. The van der Waals surface area contributed by atoms with Gasteiger partial charge in [-0.3, -0.25) is 4.79 Å². The third kappa shape index (κ3) is 4.77. The molecule has 0 aliphatic rings. The smallest absolute Gasteiger partial charge is 0.338 e. The number of methoxy groups -OCH3 is 1. The van der Waals surface area contributed by atoms with Gasteiger partial charge in [0.05, 0.1) is 12.7 Å². The van der Waals surface area contributed by atoms with Crippen molar-refractivity contribution >= 4 is 11.8 Å². The SMILES string of the molecule is C=C(/C=C/C(=O)c1ccccc1C(=O)OC)[N-]C.[V]. The first kappa shape index (κ1) is 17.2. The van der Waals surface area contributed by atoms with Crippen LogP contribution in [-0.4, -0.2) is 25.9 Å². The average molecular weight is 295 g/mol. The van der Waals surface area contributed by atoms with E-state index in [9.17, 15) is 9.59 Å². The van der Waals surface area contributed by atoms with E-state index in [4.69, 9.17) is 0 Å². The molecule has 1 rings (SSSR count). The first-order valence-electron chi connectivity index (χ1n) is 5.28. The summed E-state index contributed by atoms with van der Waals surface area (Å²) in [7, 11) is 2.86. The van der Waals surface area contributed by atoms with E-state index in [2.05, 4.69) is 16.6 Å². The third-order valence-electron chi connectivity index (χ3n) is 2.31. The molecule has 0 saturated carbocycles. The molecule has 0 spiro atoms. The van der Waals surface area contributed by atoms with Crippen LogP contribution in [0.2, 0.25) is 0 Å². The van der Waals surface area contributed by atoms with Gasteiger partial charge in [0.2, 0.25) is 0 Å². The summed E-state index contributed by atoms with van der Waals surface area (Å²) in [6.45, 7) is 3.62. The van der Waals surface area contributed by atoms with Gasteiger partial charge in [0.15, 0.2) is 5.78 Å². The molecule has 0 saturated heterocycles. The maximum absolute atomic E-state index is 11.9. The van der Waals surface area contributed by atoms with Crippen molar-refractivity contribution in [3.63, 3.8) is 0 Å². The van der Waals surface area contributed by atoms with Crippen LogP contribution in [0, 0.1) is 0 Å². The number of rotatable bonds is 5. The Morgan fingerprint density at radius 3 is 2.32 bits per heavy atom. The quantitative estimate of drug-likeness (QED) is 0.363. The second kappa shape index (κ2) is 8.35. The minimum Gasteiger partial charge on any atom is -0.687 e. The predicted octanol–water partition coefficient (Wildman–Crippen LogP) is 2.73. The number of ether oxygens (including phenoxy) is 1. The Balaban J connectivity index is 0.00000324. The molecular weight excluding hydrogens is 281 g/mol. The summed E-state index contributed by atoms with van der Waals surface area (Å²) in [5.41, 5.74) is 1.03. The number of nitrogens with zero attached hydrogens (tertiary/aromatic N) is 1. The van der Waals surface area contributed by atoms with Crippen LogP contribution in [0.25, 0.3) is 5.32 Å². The van der Waals surface area contributed by atoms with Gasteiger partial charge in [0.1, 0.15) is 0 Å². The zero-order chi connectivity index (χ0) is 13.5. The van der Waals surface area contributed by atoms with E-state index in [1.54, 1.807) is 31.3 Å². The van der Waals surface area contributed by atoms with Gasteiger partial charge < -0.3 is 10.1 Å². The Bertz CT molecular complexity index is 509. The minimum absolute atomic E-state index is 0. The van der Waals surface area contributed by atoms with E-state index in [1.807, 2.05) is 0 Å². The molecule has 4 nitrogen and oxygen atoms in total. The number of hydrogen-bond donors (Lipinski definition) is 0. The molecule has 0 amide bonds. The number of hydrogen-bond acceptors (Lipinski definition) is 3. The first-order valence-corrected chi connectivity index (χ1v) is 5.28. The number of likely N-dealkylation sites (N-methyl/N-ethyl adjacent to an activating group) is 1. The summed E-state index contributed by atoms with van der Waals surface area (Å²) < 4.78 is 4.62. The third-order valence-corrected chi connectivity index (χ3v) is 2.31. The molecule has 0 atom stereocenters. The number of ketones is 1. The van der Waals surface area contributed by atoms with Crippen LogP contribution in [0.15, 0.2) is 48.7 Å². The van der Waals surface area contributed by atoms with Gasteiger partial charge in [-0.1, -0.05) is 24.3 Å².